The minimum absolute atomic E-state index is 0.308. The van der Waals surface area contributed by atoms with Crippen LogP contribution in [-0.2, 0) is 0 Å². The van der Waals surface area contributed by atoms with Crippen LogP contribution in [0.4, 0.5) is 0 Å². The van der Waals surface area contributed by atoms with Crippen LogP contribution < -0.4 is 5.73 Å². The average Bonchev–Trinajstić information content (AvgIpc) is 2.62. The fourth-order valence-corrected chi connectivity index (χ4v) is 2.11. The summed E-state index contributed by atoms with van der Waals surface area (Å²) in [4.78, 5) is 2.45. The molecular formula is C11H22N2O. The molecule has 0 saturated carbocycles. The van der Waals surface area contributed by atoms with E-state index in [1.807, 2.05) is 0 Å². The maximum absolute atomic E-state index is 8.78. The van der Waals surface area contributed by atoms with Gasteiger partial charge >= 0.3 is 0 Å². The second kappa shape index (κ2) is 6.17. The van der Waals surface area contributed by atoms with Gasteiger partial charge in [-0.15, -0.1) is 0 Å². The first-order valence-electron chi connectivity index (χ1n) is 5.49. The molecule has 0 bridgehead atoms. The summed E-state index contributed by atoms with van der Waals surface area (Å²) >= 11 is 0. The third-order valence-corrected chi connectivity index (χ3v) is 2.91. The first kappa shape index (κ1) is 11.7. The Balaban J connectivity index is 2.31. The molecule has 3 N–H and O–H groups in total. The van der Waals surface area contributed by atoms with E-state index in [1.165, 1.54) is 12.8 Å². The normalized spacial score (nSPS) is 22.9. The molecule has 1 heterocycles. The van der Waals surface area contributed by atoms with E-state index >= 15 is 0 Å². The fraction of sp³-hybridized carbons (Fsp3) is 0.818. The second-order valence-corrected chi connectivity index (χ2v) is 4.09. The number of likely N-dealkylation sites (tertiary alicyclic amines) is 1. The van der Waals surface area contributed by atoms with E-state index in [9.17, 15) is 0 Å². The standard InChI is InChI=1S/C11H22N2O/c1-10(8-12)9-13-6-2-4-11(13)5-3-7-14/h11,14H,1-9,12H2. The van der Waals surface area contributed by atoms with E-state index in [0.29, 0.717) is 19.2 Å². The molecule has 0 aliphatic carbocycles. The lowest BCUT2D eigenvalue weighted by atomic mass is 10.1. The van der Waals surface area contributed by atoms with Gasteiger partial charge in [0.2, 0.25) is 0 Å². The number of nitrogens with zero attached hydrogens (tertiary/aromatic N) is 1. The predicted molar refractivity (Wildman–Crippen MR) is 59.1 cm³/mol. The molecule has 3 heteroatoms. The van der Waals surface area contributed by atoms with Crippen LogP contribution in [0, 0.1) is 0 Å². The molecule has 0 aromatic rings. The third-order valence-electron chi connectivity index (χ3n) is 2.91. The van der Waals surface area contributed by atoms with Gasteiger partial charge in [-0.05, 0) is 37.8 Å². The Morgan fingerprint density at radius 2 is 2.36 bits per heavy atom. The van der Waals surface area contributed by atoms with E-state index in [2.05, 4.69) is 11.5 Å². The van der Waals surface area contributed by atoms with Crippen molar-refractivity contribution >= 4 is 0 Å². The molecule has 1 aliphatic heterocycles. The highest BCUT2D eigenvalue weighted by atomic mass is 16.2. The zero-order valence-corrected chi connectivity index (χ0v) is 8.91. The van der Waals surface area contributed by atoms with Gasteiger partial charge in [0.25, 0.3) is 0 Å². The summed E-state index contributed by atoms with van der Waals surface area (Å²) in [6, 6.07) is 0.644. The van der Waals surface area contributed by atoms with Crippen molar-refractivity contribution < 1.29 is 5.11 Å². The van der Waals surface area contributed by atoms with Crippen molar-refractivity contribution in [2.45, 2.75) is 31.7 Å². The SMILES string of the molecule is C=C(CN)CN1CCCC1CCCO. The van der Waals surface area contributed by atoms with Gasteiger partial charge in [-0.25, -0.2) is 0 Å². The van der Waals surface area contributed by atoms with E-state index in [-0.39, 0.29) is 0 Å². The maximum atomic E-state index is 8.78. The Morgan fingerprint density at radius 1 is 1.57 bits per heavy atom. The van der Waals surface area contributed by atoms with Crippen LogP contribution in [0.15, 0.2) is 12.2 Å². The first-order chi connectivity index (χ1) is 6.77. The van der Waals surface area contributed by atoms with E-state index < -0.39 is 0 Å². The van der Waals surface area contributed by atoms with E-state index in [4.69, 9.17) is 10.8 Å². The zero-order chi connectivity index (χ0) is 10.4. The van der Waals surface area contributed by atoms with Crippen LogP contribution in [-0.4, -0.2) is 42.3 Å². The van der Waals surface area contributed by atoms with E-state index in [0.717, 1.165) is 31.5 Å². The first-order valence-corrected chi connectivity index (χ1v) is 5.49. The molecule has 14 heavy (non-hydrogen) atoms. The number of aliphatic hydroxyl groups is 1. The molecule has 0 aromatic carbocycles. The number of nitrogens with two attached hydrogens (primary N) is 1. The third kappa shape index (κ3) is 3.40. The highest BCUT2D eigenvalue weighted by molar-refractivity contribution is 5.00. The fourth-order valence-electron chi connectivity index (χ4n) is 2.11. The molecule has 82 valence electrons. The highest BCUT2D eigenvalue weighted by Gasteiger charge is 2.23. The second-order valence-electron chi connectivity index (χ2n) is 4.09. The average molecular weight is 198 g/mol. The highest BCUT2D eigenvalue weighted by Crippen LogP contribution is 2.21. The van der Waals surface area contributed by atoms with Crippen LogP contribution in [0.2, 0.25) is 0 Å². The van der Waals surface area contributed by atoms with Gasteiger partial charge in [-0.2, -0.15) is 0 Å². The number of hydrogen-bond donors (Lipinski definition) is 2. The minimum atomic E-state index is 0.308. The molecule has 1 saturated heterocycles. The molecule has 0 radical (unpaired) electrons. The molecule has 1 fully saturated rings. The smallest absolute Gasteiger partial charge is 0.0431 e. The molecule has 0 aromatic heterocycles. The molecule has 1 unspecified atom stereocenters. The molecule has 1 atom stereocenters. The quantitative estimate of drug-likeness (QED) is 0.619. The monoisotopic (exact) mass is 198 g/mol. The summed E-state index contributed by atoms with van der Waals surface area (Å²) < 4.78 is 0. The van der Waals surface area contributed by atoms with Gasteiger partial charge in [-0.1, -0.05) is 6.58 Å². The minimum Gasteiger partial charge on any atom is -0.396 e. The molecule has 1 rings (SSSR count). The molecule has 1 aliphatic rings. The van der Waals surface area contributed by atoms with Crippen LogP contribution in [0.1, 0.15) is 25.7 Å². The van der Waals surface area contributed by atoms with Gasteiger partial charge in [-0.3, -0.25) is 4.90 Å². The van der Waals surface area contributed by atoms with Crippen LogP contribution in [0.5, 0.6) is 0 Å². The summed E-state index contributed by atoms with van der Waals surface area (Å²) in [7, 11) is 0. The van der Waals surface area contributed by atoms with Crippen LogP contribution in [0.3, 0.4) is 0 Å². The number of rotatable bonds is 6. The van der Waals surface area contributed by atoms with Crippen molar-refractivity contribution in [3.8, 4) is 0 Å². The van der Waals surface area contributed by atoms with Crippen molar-refractivity contribution in [3.63, 3.8) is 0 Å². The Bertz CT molecular complexity index is 182. The van der Waals surface area contributed by atoms with Crippen molar-refractivity contribution in [1.29, 1.82) is 0 Å². The van der Waals surface area contributed by atoms with Crippen LogP contribution >= 0.6 is 0 Å². The van der Waals surface area contributed by atoms with E-state index in [1.54, 1.807) is 0 Å². The lowest BCUT2D eigenvalue weighted by Crippen LogP contribution is -2.32. The maximum Gasteiger partial charge on any atom is 0.0431 e. The topological polar surface area (TPSA) is 49.5 Å². The van der Waals surface area contributed by atoms with Crippen LogP contribution in [0.25, 0.3) is 0 Å². The molecule has 0 spiro atoms. The van der Waals surface area contributed by atoms with Crippen molar-refractivity contribution in [2.75, 3.05) is 26.2 Å². The summed E-state index contributed by atoms with van der Waals surface area (Å²) in [6.07, 6.45) is 4.55. The number of aliphatic hydroxyl groups excluding tert-OH is 1. The Morgan fingerprint density at radius 3 is 3.00 bits per heavy atom. The largest absolute Gasteiger partial charge is 0.396 e. The summed E-state index contributed by atoms with van der Waals surface area (Å²) in [5.74, 6) is 0. The molecule has 0 amide bonds. The van der Waals surface area contributed by atoms with Gasteiger partial charge in [0, 0.05) is 25.7 Å². The van der Waals surface area contributed by atoms with Gasteiger partial charge in [0.15, 0.2) is 0 Å². The van der Waals surface area contributed by atoms with Crippen molar-refractivity contribution in [1.82, 2.24) is 4.90 Å². The summed E-state index contributed by atoms with van der Waals surface area (Å²) in [5, 5.41) is 8.78. The Hall–Kier alpha value is -0.380. The summed E-state index contributed by atoms with van der Waals surface area (Å²) in [5.41, 5.74) is 6.64. The predicted octanol–water partition coefficient (Wildman–Crippen LogP) is 0.738. The van der Waals surface area contributed by atoms with Gasteiger partial charge in [0.05, 0.1) is 0 Å². The van der Waals surface area contributed by atoms with Gasteiger partial charge < -0.3 is 10.8 Å². The lowest BCUT2D eigenvalue weighted by molar-refractivity contribution is 0.227. The lowest BCUT2D eigenvalue weighted by Gasteiger charge is -2.24. The molecular weight excluding hydrogens is 176 g/mol. The Labute approximate surface area is 86.6 Å². The number of hydrogen-bond acceptors (Lipinski definition) is 3. The zero-order valence-electron chi connectivity index (χ0n) is 8.91. The summed E-state index contributed by atoms with van der Waals surface area (Å²) in [6.45, 7) is 6.93. The van der Waals surface area contributed by atoms with Crippen molar-refractivity contribution in [2.24, 2.45) is 5.73 Å². The Kier molecular flexibility index (Phi) is 5.15. The van der Waals surface area contributed by atoms with Crippen molar-refractivity contribution in [3.05, 3.63) is 12.2 Å². The molecule has 3 nitrogen and oxygen atoms in total. The van der Waals surface area contributed by atoms with Gasteiger partial charge in [0.1, 0.15) is 0 Å².